The minimum absolute atomic E-state index is 0.170. The predicted octanol–water partition coefficient (Wildman–Crippen LogP) is 4.39. The number of H-pyrrole nitrogens is 2. The molecule has 0 aliphatic rings. The molecule has 3 N–H and O–H groups in total. The third kappa shape index (κ3) is 4.71. The van der Waals surface area contributed by atoms with E-state index in [1.54, 1.807) is 48.5 Å². The molecule has 0 saturated carbocycles. The van der Waals surface area contributed by atoms with Crippen molar-refractivity contribution in [3.8, 4) is 0 Å². The molecule has 6 nitrogen and oxygen atoms in total. The van der Waals surface area contributed by atoms with Crippen LogP contribution >= 0.6 is 23.2 Å². The zero-order chi connectivity index (χ0) is 22.0. The topological polar surface area (TPSA) is 94.8 Å². The Kier molecular flexibility index (Phi) is 5.93. The van der Waals surface area contributed by atoms with Crippen molar-refractivity contribution in [2.45, 2.75) is 12.5 Å². The lowest BCUT2D eigenvalue weighted by Gasteiger charge is -2.18. The number of benzene rings is 2. The number of amides is 1. The Balaban J connectivity index is 1.65. The van der Waals surface area contributed by atoms with Gasteiger partial charge in [0.15, 0.2) is 5.78 Å². The molecule has 4 aromatic rings. The molecule has 2 aromatic heterocycles. The molecule has 0 fully saturated rings. The molecule has 0 aliphatic carbocycles. The van der Waals surface area contributed by atoms with Crippen LogP contribution in [0, 0.1) is 0 Å². The van der Waals surface area contributed by atoms with E-state index in [1.165, 1.54) is 18.3 Å². The molecular formula is C23H17Cl2N3O3. The maximum Gasteiger partial charge on any atom is 0.268 e. The largest absolute Gasteiger partial charge is 0.351 e. The Labute approximate surface area is 187 Å². The van der Waals surface area contributed by atoms with Crippen LogP contribution in [0.2, 0.25) is 10.0 Å². The van der Waals surface area contributed by atoms with Crippen LogP contribution in [0.4, 0.5) is 0 Å². The maximum absolute atomic E-state index is 13.2. The SMILES string of the molecule is O=C(NC(Cc1ccccc1Cl)C(=O)c1cc[nH]c(=O)c1)c1cc2cc(Cl)ccc2[nH]1. The van der Waals surface area contributed by atoms with E-state index >= 15 is 0 Å². The van der Waals surface area contributed by atoms with Crippen molar-refractivity contribution in [1.29, 1.82) is 0 Å². The monoisotopic (exact) mass is 453 g/mol. The summed E-state index contributed by atoms with van der Waals surface area (Å²) in [6, 6.07) is 15.8. The van der Waals surface area contributed by atoms with E-state index in [0.717, 1.165) is 10.9 Å². The zero-order valence-electron chi connectivity index (χ0n) is 16.1. The van der Waals surface area contributed by atoms with E-state index in [1.807, 2.05) is 0 Å². The number of nitrogens with one attached hydrogen (secondary N) is 3. The van der Waals surface area contributed by atoms with Gasteiger partial charge in [0.25, 0.3) is 5.91 Å². The van der Waals surface area contributed by atoms with Gasteiger partial charge in [0.05, 0.1) is 6.04 Å². The van der Waals surface area contributed by atoms with Crippen LogP contribution in [0.3, 0.4) is 0 Å². The van der Waals surface area contributed by atoms with Gasteiger partial charge in [0.1, 0.15) is 5.69 Å². The van der Waals surface area contributed by atoms with Gasteiger partial charge in [-0.25, -0.2) is 0 Å². The second-order valence-corrected chi connectivity index (χ2v) is 7.89. The van der Waals surface area contributed by atoms with Gasteiger partial charge >= 0.3 is 0 Å². The predicted molar refractivity (Wildman–Crippen MR) is 121 cm³/mol. The van der Waals surface area contributed by atoms with Gasteiger partial charge < -0.3 is 15.3 Å². The first-order valence-corrected chi connectivity index (χ1v) is 10.2. The Morgan fingerprint density at radius 2 is 1.81 bits per heavy atom. The standard InChI is InChI=1S/C23H17Cl2N3O3/c24-16-5-6-18-15(9-16)11-20(27-18)23(31)28-19(10-13-3-1-2-4-17(13)25)22(30)14-7-8-26-21(29)12-14/h1-9,11-12,19,27H,10H2,(H,26,29)(H,28,31). The van der Waals surface area contributed by atoms with Gasteiger partial charge in [0.2, 0.25) is 5.56 Å². The van der Waals surface area contributed by atoms with Crippen LogP contribution in [0.1, 0.15) is 26.4 Å². The number of aromatic amines is 2. The average molecular weight is 454 g/mol. The van der Waals surface area contributed by atoms with Crippen LogP contribution in [0.15, 0.2) is 71.7 Å². The van der Waals surface area contributed by atoms with Crippen LogP contribution in [-0.2, 0) is 6.42 Å². The number of hydrogen-bond acceptors (Lipinski definition) is 3. The van der Waals surface area contributed by atoms with Crippen LogP contribution in [0.25, 0.3) is 10.9 Å². The smallest absolute Gasteiger partial charge is 0.268 e. The van der Waals surface area contributed by atoms with Crippen LogP contribution in [-0.4, -0.2) is 27.7 Å². The fourth-order valence-corrected chi connectivity index (χ4v) is 3.75. The molecule has 0 bridgehead atoms. The lowest BCUT2D eigenvalue weighted by Crippen LogP contribution is -2.43. The minimum Gasteiger partial charge on any atom is -0.351 e. The Bertz CT molecular complexity index is 1340. The number of hydrogen-bond donors (Lipinski definition) is 3. The molecule has 1 amide bonds. The number of rotatable bonds is 6. The highest BCUT2D eigenvalue weighted by molar-refractivity contribution is 6.31. The molecule has 0 radical (unpaired) electrons. The number of carbonyl (C=O) groups is 2. The van der Waals surface area contributed by atoms with Gasteiger partial charge in [-0.15, -0.1) is 0 Å². The first-order chi connectivity index (χ1) is 14.9. The van der Waals surface area contributed by atoms with Crippen molar-refractivity contribution in [2.24, 2.45) is 0 Å². The van der Waals surface area contributed by atoms with E-state index in [-0.39, 0.29) is 12.0 Å². The first-order valence-electron chi connectivity index (χ1n) is 9.46. The molecular weight excluding hydrogens is 437 g/mol. The molecule has 1 unspecified atom stereocenters. The first kappa shape index (κ1) is 20.9. The summed E-state index contributed by atoms with van der Waals surface area (Å²) in [5.74, 6) is -0.846. The second kappa shape index (κ2) is 8.79. The highest BCUT2D eigenvalue weighted by atomic mass is 35.5. The van der Waals surface area contributed by atoms with Crippen molar-refractivity contribution in [3.05, 3.63) is 104 Å². The van der Waals surface area contributed by atoms with E-state index in [9.17, 15) is 14.4 Å². The van der Waals surface area contributed by atoms with Crippen molar-refractivity contribution < 1.29 is 9.59 Å². The second-order valence-electron chi connectivity index (χ2n) is 7.04. The van der Waals surface area contributed by atoms with Gasteiger partial charge in [-0.05, 0) is 42.0 Å². The number of Topliss-reactive ketones (excluding diaryl/α,β-unsaturated/α-hetero) is 1. The van der Waals surface area contributed by atoms with Crippen molar-refractivity contribution >= 4 is 45.8 Å². The van der Waals surface area contributed by atoms with Gasteiger partial charge in [-0.3, -0.25) is 14.4 Å². The minimum atomic E-state index is -0.927. The van der Waals surface area contributed by atoms with Gasteiger partial charge in [-0.2, -0.15) is 0 Å². The van der Waals surface area contributed by atoms with Crippen molar-refractivity contribution in [1.82, 2.24) is 15.3 Å². The summed E-state index contributed by atoms with van der Waals surface area (Å²) in [5.41, 5.74) is 1.54. The lowest BCUT2D eigenvalue weighted by atomic mass is 9.98. The number of fused-ring (bicyclic) bond motifs is 1. The zero-order valence-corrected chi connectivity index (χ0v) is 17.6. The fraction of sp³-hybridized carbons (Fsp3) is 0.0870. The molecule has 0 saturated heterocycles. The van der Waals surface area contributed by atoms with Crippen molar-refractivity contribution in [2.75, 3.05) is 0 Å². The fourth-order valence-electron chi connectivity index (χ4n) is 3.35. The van der Waals surface area contributed by atoms with E-state index < -0.39 is 23.3 Å². The summed E-state index contributed by atoms with van der Waals surface area (Å²) in [4.78, 5) is 43.3. The molecule has 1 atom stereocenters. The summed E-state index contributed by atoms with van der Waals surface area (Å²) < 4.78 is 0. The lowest BCUT2D eigenvalue weighted by molar-refractivity contribution is 0.0854. The van der Waals surface area contributed by atoms with Crippen LogP contribution < -0.4 is 10.9 Å². The summed E-state index contributed by atoms with van der Waals surface area (Å²) in [5, 5.41) is 4.60. The molecule has 8 heteroatoms. The van der Waals surface area contributed by atoms with E-state index in [2.05, 4.69) is 15.3 Å². The normalized spacial score (nSPS) is 11.9. The number of pyridine rings is 1. The average Bonchev–Trinajstić information content (AvgIpc) is 3.17. The van der Waals surface area contributed by atoms with Gasteiger partial charge in [0, 0.05) is 45.2 Å². The summed E-state index contributed by atoms with van der Waals surface area (Å²) in [6.07, 6.45) is 1.56. The quantitative estimate of drug-likeness (QED) is 0.377. The number of halogens is 2. The Hall–Kier alpha value is -3.35. The number of aromatic nitrogens is 2. The highest BCUT2D eigenvalue weighted by Crippen LogP contribution is 2.21. The van der Waals surface area contributed by atoms with E-state index in [0.29, 0.717) is 21.3 Å². The maximum atomic E-state index is 13.2. The third-order valence-corrected chi connectivity index (χ3v) is 5.49. The molecule has 31 heavy (non-hydrogen) atoms. The third-order valence-electron chi connectivity index (χ3n) is 4.89. The van der Waals surface area contributed by atoms with Crippen LogP contribution in [0.5, 0.6) is 0 Å². The van der Waals surface area contributed by atoms with Gasteiger partial charge in [-0.1, -0.05) is 41.4 Å². The van der Waals surface area contributed by atoms with Crippen molar-refractivity contribution in [3.63, 3.8) is 0 Å². The summed E-state index contributed by atoms with van der Waals surface area (Å²) >= 11 is 12.3. The Morgan fingerprint density at radius 1 is 1.00 bits per heavy atom. The molecule has 156 valence electrons. The molecule has 2 heterocycles. The van der Waals surface area contributed by atoms with E-state index in [4.69, 9.17) is 23.2 Å². The Morgan fingerprint density at radius 3 is 2.58 bits per heavy atom. The number of carbonyl (C=O) groups excluding carboxylic acids is 2. The molecule has 2 aromatic carbocycles. The highest BCUT2D eigenvalue weighted by Gasteiger charge is 2.25. The molecule has 0 aliphatic heterocycles. The molecule has 4 rings (SSSR count). The number of ketones is 1. The molecule has 0 spiro atoms. The summed E-state index contributed by atoms with van der Waals surface area (Å²) in [6.45, 7) is 0. The summed E-state index contributed by atoms with van der Waals surface area (Å²) in [7, 11) is 0.